The third kappa shape index (κ3) is 3.80. The highest BCUT2D eigenvalue weighted by Gasteiger charge is 2.31. The van der Waals surface area contributed by atoms with Crippen LogP contribution in [0, 0.1) is 0 Å². The molecule has 5 nitrogen and oxygen atoms in total. The van der Waals surface area contributed by atoms with Crippen molar-refractivity contribution < 1.29 is 13.2 Å². The molecule has 0 aliphatic rings. The van der Waals surface area contributed by atoms with Crippen LogP contribution >= 0.6 is 15.9 Å². The summed E-state index contributed by atoms with van der Waals surface area (Å²) in [5.74, 6) is 5.48. The highest BCUT2D eigenvalue weighted by atomic mass is 79.9. The smallest absolute Gasteiger partial charge is 0.271 e. The number of benzene rings is 1. The van der Waals surface area contributed by atoms with E-state index < -0.39 is 17.8 Å². The molecule has 0 aliphatic carbocycles. The Hall–Kier alpha value is -1.45. The average Bonchev–Trinajstić information content (AvgIpc) is 2.81. The van der Waals surface area contributed by atoms with Crippen molar-refractivity contribution in [3.8, 4) is 0 Å². The minimum Gasteiger partial charge on any atom is -0.271 e. The van der Waals surface area contributed by atoms with Gasteiger partial charge in [0.05, 0.1) is 17.3 Å². The van der Waals surface area contributed by atoms with Crippen molar-refractivity contribution in [3.05, 3.63) is 45.7 Å². The molecule has 2 rings (SSSR count). The zero-order valence-electron chi connectivity index (χ0n) is 11.0. The molecule has 1 aromatic carbocycles. The summed E-state index contributed by atoms with van der Waals surface area (Å²) in [6.07, 6.45) is -2.39. The van der Waals surface area contributed by atoms with Crippen molar-refractivity contribution in [2.24, 2.45) is 12.9 Å². The summed E-state index contributed by atoms with van der Waals surface area (Å²) in [4.78, 5) is 0. The van der Waals surface area contributed by atoms with E-state index in [0.717, 1.165) is 12.1 Å². The maximum atomic E-state index is 12.8. The number of hydrogen-bond donors (Lipinski definition) is 2. The number of aromatic nitrogens is 3. The molecule has 0 spiro atoms. The third-order valence-electron chi connectivity index (χ3n) is 2.96. The summed E-state index contributed by atoms with van der Waals surface area (Å²) >= 11 is 3.25. The van der Waals surface area contributed by atoms with Gasteiger partial charge in [-0.1, -0.05) is 21.1 Å². The number of aryl methyl sites for hydroxylation is 1. The van der Waals surface area contributed by atoms with Gasteiger partial charge in [0.2, 0.25) is 0 Å². The Morgan fingerprint density at radius 2 is 2.14 bits per heavy atom. The first-order chi connectivity index (χ1) is 9.81. The molecule has 0 aliphatic heterocycles. The molecule has 0 radical (unpaired) electrons. The van der Waals surface area contributed by atoms with Gasteiger partial charge in [0.25, 0.3) is 0 Å². The molecule has 1 aromatic heterocycles. The minimum absolute atomic E-state index is 0.324. The van der Waals surface area contributed by atoms with E-state index >= 15 is 0 Å². The number of rotatable bonds is 4. The van der Waals surface area contributed by atoms with Crippen LogP contribution in [0.2, 0.25) is 0 Å². The summed E-state index contributed by atoms with van der Waals surface area (Å²) in [6, 6.07) is 2.94. The van der Waals surface area contributed by atoms with E-state index in [0.29, 0.717) is 22.2 Å². The molecule has 1 unspecified atom stereocenters. The number of nitrogens with one attached hydrogen (secondary N) is 1. The Balaban J connectivity index is 2.33. The van der Waals surface area contributed by atoms with Crippen molar-refractivity contribution in [2.45, 2.75) is 18.6 Å². The molecule has 0 amide bonds. The SMILES string of the molecule is Cn1cc(CC(NN)c2cc(C(F)(F)F)ccc2Br)nn1. The first kappa shape index (κ1) is 15.9. The lowest BCUT2D eigenvalue weighted by Gasteiger charge is -2.18. The lowest BCUT2D eigenvalue weighted by Crippen LogP contribution is -2.30. The lowest BCUT2D eigenvalue weighted by atomic mass is 10.0. The highest BCUT2D eigenvalue weighted by Crippen LogP contribution is 2.34. The molecule has 114 valence electrons. The van der Waals surface area contributed by atoms with Crippen molar-refractivity contribution in [1.82, 2.24) is 20.4 Å². The summed E-state index contributed by atoms with van der Waals surface area (Å²) in [7, 11) is 1.71. The van der Waals surface area contributed by atoms with Crippen LogP contribution in [-0.2, 0) is 19.6 Å². The van der Waals surface area contributed by atoms with E-state index in [-0.39, 0.29) is 0 Å². The van der Waals surface area contributed by atoms with Crippen molar-refractivity contribution in [3.63, 3.8) is 0 Å². The van der Waals surface area contributed by atoms with Gasteiger partial charge in [0, 0.05) is 24.1 Å². The largest absolute Gasteiger partial charge is 0.416 e. The van der Waals surface area contributed by atoms with E-state index in [9.17, 15) is 13.2 Å². The fraction of sp³-hybridized carbons (Fsp3) is 0.333. The van der Waals surface area contributed by atoms with Crippen molar-refractivity contribution in [1.29, 1.82) is 0 Å². The van der Waals surface area contributed by atoms with Crippen molar-refractivity contribution in [2.75, 3.05) is 0 Å². The zero-order chi connectivity index (χ0) is 15.6. The fourth-order valence-electron chi connectivity index (χ4n) is 1.94. The molecule has 21 heavy (non-hydrogen) atoms. The molecule has 9 heteroatoms. The Kier molecular flexibility index (Phi) is 4.64. The van der Waals surface area contributed by atoms with Gasteiger partial charge in [-0.25, -0.2) is 0 Å². The molecular weight excluding hydrogens is 351 g/mol. The van der Waals surface area contributed by atoms with Crippen LogP contribution in [0.15, 0.2) is 28.9 Å². The van der Waals surface area contributed by atoms with Gasteiger partial charge in [0.1, 0.15) is 0 Å². The number of halogens is 4. The molecule has 0 fully saturated rings. The van der Waals surface area contributed by atoms with E-state index in [1.807, 2.05) is 0 Å². The average molecular weight is 364 g/mol. The van der Waals surface area contributed by atoms with Crippen LogP contribution in [0.3, 0.4) is 0 Å². The predicted molar refractivity (Wildman–Crippen MR) is 73.9 cm³/mol. The van der Waals surface area contributed by atoms with Gasteiger partial charge >= 0.3 is 6.18 Å². The summed E-state index contributed by atoms with van der Waals surface area (Å²) in [6.45, 7) is 0. The topological polar surface area (TPSA) is 68.8 Å². The lowest BCUT2D eigenvalue weighted by molar-refractivity contribution is -0.137. The van der Waals surface area contributed by atoms with E-state index in [4.69, 9.17) is 5.84 Å². The van der Waals surface area contributed by atoms with Gasteiger partial charge in [-0.2, -0.15) is 13.2 Å². The highest BCUT2D eigenvalue weighted by molar-refractivity contribution is 9.10. The Labute approximate surface area is 127 Å². The number of nitrogens with two attached hydrogens (primary N) is 1. The maximum absolute atomic E-state index is 12.8. The predicted octanol–water partition coefficient (Wildman–Crippen LogP) is 2.34. The Morgan fingerprint density at radius 3 is 2.67 bits per heavy atom. The second kappa shape index (κ2) is 6.12. The third-order valence-corrected chi connectivity index (χ3v) is 3.69. The first-order valence-electron chi connectivity index (χ1n) is 5.99. The standard InChI is InChI=1S/C12H13BrF3N5/c1-21-6-8(19-20-21)5-11(18-17)9-4-7(12(14,15)16)2-3-10(9)13/h2-4,6,11,18H,5,17H2,1H3. The molecule has 0 saturated carbocycles. The molecule has 1 heterocycles. The van der Waals surface area contributed by atoms with Crippen LogP contribution in [0.1, 0.15) is 22.9 Å². The number of hydrazine groups is 1. The maximum Gasteiger partial charge on any atom is 0.416 e. The van der Waals surface area contributed by atoms with E-state index in [1.54, 1.807) is 13.2 Å². The minimum atomic E-state index is -4.40. The quantitative estimate of drug-likeness (QED) is 0.646. The van der Waals surface area contributed by atoms with E-state index in [2.05, 4.69) is 31.7 Å². The van der Waals surface area contributed by atoms with Crippen LogP contribution in [-0.4, -0.2) is 15.0 Å². The Bertz CT molecular complexity index is 626. The Morgan fingerprint density at radius 1 is 1.43 bits per heavy atom. The van der Waals surface area contributed by atoms with Crippen LogP contribution in [0.5, 0.6) is 0 Å². The van der Waals surface area contributed by atoms with Crippen LogP contribution in [0.4, 0.5) is 13.2 Å². The molecule has 2 aromatic rings. The van der Waals surface area contributed by atoms with Crippen LogP contribution < -0.4 is 11.3 Å². The second-order valence-electron chi connectivity index (χ2n) is 4.54. The van der Waals surface area contributed by atoms with Crippen LogP contribution in [0.25, 0.3) is 0 Å². The molecular formula is C12H13BrF3N5. The van der Waals surface area contributed by atoms with Gasteiger partial charge in [-0.3, -0.25) is 16.0 Å². The number of alkyl halides is 3. The molecule has 0 bridgehead atoms. The molecule has 0 saturated heterocycles. The van der Waals surface area contributed by atoms with Gasteiger partial charge < -0.3 is 0 Å². The van der Waals surface area contributed by atoms with Gasteiger partial charge in [-0.05, 0) is 23.8 Å². The van der Waals surface area contributed by atoms with Crippen molar-refractivity contribution >= 4 is 15.9 Å². The zero-order valence-corrected chi connectivity index (χ0v) is 12.6. The monoisotopic (exact) mass is 363 g/mol. The summed E-state index contributed by atoms with van der Waals surface area (Å²) < 4.78 is 40.5. The molecule has 3 N–H and O–H groups in total. The second-order valence-corrected chi connectivity index (χ2v) is 5.40. The van der Waals surface area contributed by atoms with Gasteiger partial charge in [-0.15, -0.1) is 5.10 Å². The first-order valence-corrected chi connectivity index (χ1v) is 6.78. The fourth-order valence-corrected chi connectivity index (χ4v) is 2.47. The number of nitrogens with zero attached hydrogens (tertiary/aromatic N) is 3. The summed E-state index contributed by atoms with van der Waals surface area (Å²) in [5, 5.41) is 7.69. The normalized spacial score (nSPS) is 13.4. The summed E-state index contributed by atoms with van der Waals surface area (Å²) in [5.41, 5.74) is 2.84. The molecule has 1 atom stereocenters. The van der Waals surface area contributed by atoms with Gasteiger partial charge in [0.15, 0.2) is 0 Å². The number of hydrogen-bond acceptors (Lipinski definition) is 4. The van der Waals surface area contributed by atoms with E-state index in [1.165, 1.54) is 10.7 Å².